The van der Waals surface area contributed by atoms with Gasteiger partial charge in [0.15, 0.2) is 0 Å². The van der Waals surface area contributed by atoms with E-state index in [2.05, 4.69) is 71.0 Å². The molecule has 1 unspecified atom stereocenters. The average molecular weight is 465 g/mol. The van der Waals surface area contributed by atoms with E-state index < -0.39 is 5.92 Å². The molecule has 1 heterocycles. The van der Waals surface area contributed by atoms with Crippen molar-refractivity contribution in [2.75, 3.05) is 5.32 Å². The molecule has 4 nitrogen and oxygen atoms in total. The summed E-state index contributed by atoms with van der Waals surface area (Å²) < 4.78 is 17.5. The second-order valence-electron chi connectivity index (χ2n) is 7.00. The molecule has 2 N–H and O–H groups in total. The second kappa shape index (κ2) is 11.2. The normalized spacial score (nSPS) is 11.8. The van der Waals surface area contributed by atoms with E-state index in [9.17, 15) is 4.39 Å². The van der Waals surface area contributed by atoms with Crippen LogP contribution in [0, 0.1) is 17.1 Å². The SMILES string of the molecule is C=C.CC(C#N)c1cc(F)c(Br)cc1NCc1ccc(SNC(C)(C)C)cn1. The number of nitrogens with zero attached hydrogens (tertiary/aromatic N) is 2. The molecule has 7 heteroatoms. The largest absolute Gasteiger partial charge is 0.379 e. The summed E-state index contributed by atoms with van der Waals surface area (Å²) >= 11 is 4.74. The van der Waals surface area contributed by atoms with E-state index in [4.69, 9.17) is 5.26 Å². The van der Waals surface area contributed by atoms with Crippen LogP contribution in [-0.4, -0.2) is 10.5 Å². The van der Waals surface area contributed by atoms with Crippen molar-refractivity contribution in [3.63, 3.8) is 0 Å². The predicted molar refractivity (Wildman–Crippen MR) is 120 cm³/mol. The van der Waals surface area contributed by atoms with E-state index >= 15 is 0 Å². The standard InChI is InChI=1S/C19H22BrFN4S.C2H4/c1-12(9-22)15-7-17(21)16(20)8-18(15)24-10-13-5-6-14(11-23-13)26-25-19(2,3)4;1-2/h5-8,11-12,24-25H,10H2,1-4H3;1-2H2. The van der Waals surface area contributed by atoms with Gasteiger partial charge < -0.3 is 5.32 Å². The number of hydrogen-bond donors (Lipinski definition) is 2. The fourth-order valence-electron chi connectivity index (χ4n) is 2.12. The van der Waals surface area contributed by atoms with Crippen molar-refractivity contribution in [3.8, 4) is 6.07 Å². The highest BCUT2D eigenvalue weighted by atomic mass is 79.9. The molecule has 1 atom stereocenters. The van der Waals surface area contributed by atoms with Crippen molar-refractivity contribution in [1.29, 1.82) is 5.26 Å². The topological polar surface area (TPSA) is 60.7 Å². The number of rotatable bonds is 6. The number of hydrogen-bond acceptors (Lipinski definition) is 5. The van der Waals surface area contributed by atoms with Crippen LogP contribution in [0.2, 0.25) is 0 Å². The molecule has 28 heavy (non-hydrogen) atoms. The molecule has 0 aliphatic carbocycles. The molecule has 0 bridgehead atoms. The van der Waals surface area contributed by atoms with Gasteiger partial charge in [-0.3, -0.25) is 9.71 Å². The van der Waals surface area contributed by atoms with E-state index in [1.54, 1.807) is 24.9 Å². The first-order valence-electron chi connectivity index (χ1n) is 8.71. The number of pyridine rings is 1. The van der Waals surface area contributed by atoms with Crippen molar-refractivity contribution >= 4 is 33.6 Å². The molecule has 0 fully saturated rings. The number of benzene rings is 1. The fourth-order valence-corrected chi connectivity index (χ4v) is 3.13. The Morgan fingerprint density at radius 3 is 2.54 bits per heavy atom. The molecule has 1 aromatic carbocycles. The van der Waals surface area contributed by atoms with Gasteiger partial charge in [0.25, 0.3) is 0 Å². The molecule has 0 radical (unpaired) electrons. The Hall–Kier alpha value is -1.88. The summed E-state index contributed by atoms with van der Waals surface area (Å²) in [6, 6.07) is 9.17. The van der Waals surface area contributed by atoms with E-state index in [0.717, 1.165) is 16.3 Å². The van der Waals surface area contributed by atoms with Gasteiger partial charge in [-0.15, -0.1) is 13.2 Å². The number of anilines is 1. The maximum absolute atomic E-state index is 13.8. The zero-order valence-electron chi connectivity index (χ0n) is 16.6. The van der Waals surface area contributed by atoms with Crippen molar-refractivity contribution in [1.82, 2.24) is 9.71 Å². The molecule has 0 amide bonds. The number of halogens is 2. The molecule has 1 aromatic heterocycles. The number of aromatic nitrogens is 1. The molecule has 150 valence electrons. The van der Waals surface area contributed by atoms with Crippen LogP contribution in [0.25, 0.3) is 0 Å². The minimum atomic E-state index is -0.407. The van der Waals surface area contributed by atoms with Gasteiger partial charge >= 0.3 is 0 Å². The third kappa shape index (κ3) is 7.63. The van der Waals surface area contributed by atoms with Crippen LogP contribution in [0.3, 0.4) is 0 Å². The minimum Gasteiger partial charge on any atom is -0.379 e. The van der Waals surface area contributed by atoms with Gasteiger partial charge in [-0.1, -0.05) is 0 Å². The Morgan fingerprint density at radius 2 is 2.00 bits per heavy atom. The van der Waals surface area contributed by atoms with Crippen LogP contribution < -0.4 is 10.0 Å². The van der Waals surface area contributed by atoms with Gasteiger partial charge in [-0.2, -0.15) is 5.26 Å². The van der Waals surface area contributed by atoms with Crippen LogP contribution in [0.1, 0.15) is 44.9 Å². The smallest absolute Gasteiger partial charge is 0.137 e. The van der Waals surface area contributed by atoms with Crippen LogP contribution in [0.4, 0.5) is 10.1 Å². The first-order chi connectivity index (χ1) is 13.2. The van der Waals surface area contributed by atoms with Gasteiger partial charge in [0.1, 0.15) is 5.82 Å². The van der Waals surface area contributed by atoms with Crippen LogP contribution in [0.15, 0.2) is 53.0 Å². The van der Waals surface area contributed by atoms with Crippen LogP contribution in [0.5, 0.6) is 0 Å². The summed E-state index contributed by atoms with van der Waals surface area (Å²) in [6.07, 6.45) is 1.82. The molecule has 0 aliphatic heterocycles. The lowest BCUT2D eigenvalue weighted by Gasteiger charge is -2.19. The predicted octanol–water partition coefficient (Wildman–Crippen LogP) is 6.42. The maximum atomic E-state index is 13.8. The highest BCUT2D eigenvalue weighted by Gasteiger charge is 2.14. The van der Waals surface area contributed by atoms with Crippen molar-refractivity contribution < 1.29 is 4.39 Å². The summed E-state index contributed by atoms with van der Waals surface area (Å²) in [4.78, 5) is 5.49. The minimum absolute atomic E-state index is 0.0225. The summed E-state index contributed by atoms with van der Waals surface area (Å²) in [5, 5.41) is 12.4. The Balaban J connectivity index is 0.00000190. The van der Waals surface area contributed by atoms with E-state index in [0.29, 0.717) is 16.6 Å². The third-order valence-electron chi connectivity index (χ3n) is 3.49. The average Bonchev–Trinajstić information content (AvgIpc) is 2.68. The first kappa shape index (κ1) is 24.2. The van der Waals surface area contributed by atoms with Crippen LogP contribution >= 0.6 is 27.9 Å². The molecular formula is C21H26BrFN4S. The zero-order valence-corrected chi connectivity index (χ0v) is 19.0. The molecule has 2 rings (SSSR count). The highest BCUT2D eigenvalue weighted by molar-refractivity contribution is 9.10. The zero-order chi connectivity index (χ0) is 21.3. The van der Waals surface area contributed by atoms with Gasteiger partial charge in [-0.05, 0) is 85.4 Å². The van der Waals surface area contributed by atoms with Gasteiger partial charge in [0, 0.05) is 22.3 Å². The summed E-state index contributed by atoms with van der Waals surface area (Å²) in [7, 11) is 0. The van der Waals surface area contributed by atoms with E-state index in [1.165, 1.54) is 6.07 Å². The Morgan fingerprint density at radius 1 is 1.32 bits per heavy atom. The summed E-state index contributed by atoms with van der Waals surface area (Å²) in [5.74, 6) is -0.784. The number of nitrogens with one attached hydrogen (secondary N) is 2. The van der Waals surface area contributed by atoms with Gasteiger partial charge in [0.2, 0.25) is 0 Å². The Kier molecular flexibility index (Phi) is 9.66. The van der Waals surface area contributed by atoms with E-state index in [1.807, 2.05) is 18.3 Å². The number of nitriles is 1. The van der Waals surface area contributed by atoms with Crippen molar-refractivity contribution in [3.05, 3.63) is 65.2 Å². The second-order valence-corrected chi connectivity index (χ2v) is 8.73. The molecule has 0 aliphatic rings. The lowest BCUT2D eigenvalue weighted by molar-refractivity contribution is 0.535. The highest BCUT2D eigenvalue weighted by Crippen LogP contribution is 2.30. The monoisotopic (exact) mass is 464 g/mol. The first-order valence-corrected chi connectivity index (χ1v) is 10.3. The fraction of sp³-hybridized carbons (Fsp3) is 0.333. The lowest BCUT2D eigenvalue weighted by atomic mass is 10.0. The van der Waals surface area contributed by atoms with Crippen molar-refractivity contribution in [2.24, 2.45) is 0 Å². The Bertz CT molecular complexity index is 813. The van der Waals surface area contributed by atoms with Gasteiger partial charge in [0.05, 0.1) is 28.7 Å². The summed E-state index contributed by atoms with van der Waals surface area (Å²) in [5.41, 5.74) is 2.24. The molecule has 0 saturated heterocycles. The quantitative estimate of drug-likeness (QED) is 0.381. The molecular weight excluding hydrogens is 439 g/mol. The lowest BCUT2D eigenvalue weighted by Crippen LogP contribution is -2.29. The Labute approximate surface area is 179 Å². The van der Waals surface area contributed by atoms with E-state index in [-0.39, 0.29) is 11.4 Å². The van der Waals surface area contributed by atoms with Gasteiger partial charge in [-0.25, -0.2) is 4.39 Å². The third-order valence-corrected chi connectivity index (χ3v) is 5.28. The summed E-state index contributed by atoms with van der Waals surface area (Å²) in [6.45, 7) is 14.5. The molecule has 2 aromatic rings. The maximum Gasteiger partial charge on any atom is 0.137 e. The molecule has 0 saturated carbocycles. The molecule has 0 spiro atoms. The van der Waals surface area contributed by atoms with Crippen LogP contribution in [-0.2, 0) is 6.54 Å². The van der Waals surface area contributed by atoms with Crippen molar-refractivity contribution in [2.45, 2.75) is 50.6 Å².